The summed E-state index contributed by atoms with van der Waals surface area (Å²) in [7, 11) is 0. The predicted octanol–water partition coefficient (Wildman–Crippen LogP) is 6.96. The van der Waals surface area contributed by atoms with Crippen molar-refractivity contribution in [3.05, 3.63) is 118 Å². The Kier molecular flexibility index (Phi) is 8.97. The molecule has 1 aromatic heterocycles. The van der Waals surface area contributed by atoms with E-state index in [0.717, 1.165) is 12.5 Å². The minimum Gasteiger partial charge on any atom is -0.451 e. The lowest BCUT2D eigenvalue weighted by Crippen LogP contribution is -2.27. The van der Waals surface area contributed by atoms with Crippen molar-refractivity contribution in [1.82, 2.24) is 14.9 Å². The van der Waals surface area contributed by atoms with Gasteiger partial charge >= 0.3 is 0 Å². The zero-order valence-electron chi connectivity index (χ0n) is 24.7. The second-order valence-electron chi connectivity index (χ2n) is 11.3. The van der Waals surface area contributed by atoms with Crippen LogP contribution in [-0.4, -0.2) is 46.1 Å². The fourth-order valence-corrected chi connectivity index (χ4v) is 5.98. The highest BCUT2D eigenvalue weighted by Gasteiger charge is 2.33. The minimum absolute atomic E-state index is 0.0219. The van der Waals surface area contributed by atoms with Gasteiger partial charge in [0.25, 0.3) is 0 Å². The smallest absolute Gasteiger partial charge is 0.246 e. The maximum atomic E-state index is 15.6. The molecule has 0 aliphatic carbocycles. The normalized spacial score (nSPS) is 17.8. The van der Waals surface area contributed by atoms with Gasteiger partial charge in [-0.25, -0.2) is 27.5 Å². The zero-order valence-corrected chi connectivity index (χ0v) is 24.7. The number of aromatic nitrogens is 2. The Morgan fingerprint density at radius 2 is 1.70 bits per heavy atom. The number of hydrogen-bond donors (Lipinski definition) is 1. The molecule has 1 amide bonds. The number of likely N-dealkylation sites (tertiary alicyclic amines) is 1. The molecule has 242 valence electrons. The highest BCUT2D eigenvalue weighted by Crippen LogP contribution is 2.38. The first-order valence-corrected chi connectivity index (χ1v) is 14.8. The second-order valence-corrected chi connectivity index (χ2v) is 11.3. The molecule has 7 nitrogen and oxygen atoms in total. The molecule has 2 N–H and O–H groups in total. The number of carbonyl (C=O) groups excluding carboxylic acids is 1. The molecule has 2 aliphatic rings. The Hall–Kier alpha value is -5.20. The number of halogens is 6. The maximum Gasteiger partial charge on any atom is 0.246 e. The molecule has 2 unspecified atom stereocenters. The molecule has 4 aromatic rings. The van der Waals surface area contributed by atoms with Crippen LogP contribution in [0.5, 0.6) is 11.5 Å². The number of nitrogens with zero attached hydrogens (tertiary/aromatic N) is 4. The van der Waals surface area contributed by atoms with E-state index in [2.05, 4.69) is 15.0 Å². The van der Waals surface area contributed by atoms with Crippen LogP contribution >= 0.6 is 0 Å². The number of benzene rings is 3. The standard InChI is InChI=1S/C34H27F6N5O2/c35-23-4-2-1-3-19(23)5-8-27(46)45-12-10-18(16-45)13-20-9-11-42-32(28-31(20)43-17-44-34(28)41)22-7-6-21(14-24(22)36)47-33-29(39)25(37)15-26(38)30(33)40/h1-8,14-15,17-18,20H,9-13,16H2,(H2,41,43,44)/b8-5+. The van der Waals surface area contributed by atoms with E-state index < -0.39 is 46.4 Å². The van der Waals surface area contributed by atoms with E-state index in [1.165, 1.54) is 36.7 Å². The topological polar surface area (TPSA) is 93.7 Å². The maximum absolute atomic E-state index is 15.6. The summed E-state index contributed by atoms with van der Waals surface area (Å²) in [6.45, 7) is 1.31. The van der Waals surface area contributed by atoms with E-state index in [9.17, 15) is 26.7 Å². The van der Waals surface area contributed by atoms with Crippen molar-refractivity contribution in [2.75, 3.05) is 25.4 Å². The summed E-state index contributed by atoms with van der Waals surface area (Å²) in [6, 6.07) is 9.46. The summed E-state index contributed by atoms with van der Waals surface area (Å²) in [5.41, 5.74) is 7.66. The van der Waals surface area contributed by atoms with Crippen molar-refractivity contribution in [2.24, 2.45) is 10.9 Å². The van der Waals surface area contributed by atoms with Crippen molar-refractivity contribution >= 4 is 23.5 Å². The van der Waals surface area contributed by atoms with Gasteiger partial charge in [-0.3, -0.25) is 9.79 Å². The second kappa shape index (κ2) is 13.3. The highest BCUT2D eigenvalue weighted by atomic mass is 19.2. The fourth-order valence-electron chi connectivity index (χ4n) is 5.98. The van der Waals surface area contributed by atoms with Gasteiger partial charge in [0.05, 0.1) is 17.0 Å². The summed E-state index contributed by atoms with van der Waals surface area (Å²) in [4.78, 5) is 27.8. The van der Waals surface area contributed by atoms with Crippen LogP contribution in [-0.2, 0) is 4.79 Å². The van der Waals surface area contributed by atoms with Crippen molar-refractivity contribution in [3.8, 4) is 11.5 Å². The third-order valence-electron chi connectivity index (χ3n) is 8.29. The molecule has 3 heterocycles. The van der Waals surface area contributed by atoms with Gasteiger partial charge in [-0.15, -0.1) is 0 Å². The molecule has 0 bridgehead atoms. The zero-order chi connectivity index (χ0) is 33.2. The van der Waals surface area contributed by atoms with Crippen LogP contribution in [0.3, 0.4) is 0 Å². The summed E-state index contributed by atoms with van der Waals surface area (Å²) in [6.07, 6.45) is 6.08. The van der Waals surface area contributed by atoms with Crippen LogP contribution in [0, 0.1) is 40.8 Å². The predicted molar refractivity (Wildman–Crippen MR) is 162 cm³/mol. The lowest BCUT2D eigenvalue weighted by Gasteiger charge is -2.21. The number of fused-ring (bicyclic) bond motifs is 1. The molecule has 2 atom stereocenters. The Morgan fingerprint density at radius 1 is 0.936 bits per heavy atom. The summed E-state index contributed by atoms with van der Waals surface area (Å²) < 4.78 is 90.0. The minimum atomic E-state index is -1.76. The molecule has 3 aromatic carbocycles. The summed E-state index contributed by atoms with van der Waals surface area (Å²) in [5, 5.41) is 0. The number of aliphatic imine (C=N–C) groups is 1. The fraction of sp³-hybridized carbons (Fsp3) is 0.235. The lowest BCUT2D eigenvalue weighted by atomic mass is 9.86. The first-order valence-electron chi connectivity index (χ1n) is 14.8. The molecular weight excluding hydrogens is 624 g/mol. The molecule has 13 heteroatoms. The van der Waals surface area contributed by atoms with Gasteiger partial charge in [0.15, 0.2) is 11.6 Å². The molecule has 0 radical (unpaired) electrons. The lowest BCUT2D eigenvalue weighted by molar-refractivity contribution is -0.125. The Morgan fingerprint density at radius 3 is 2.45 bits per heavy atom. The SMILES string of the molecule is Nc1ncnc2c1C(c1ccc(Oc3c(F)c(F)cc(F)c3F)cc1F)=NCCC2CC1CCN(C(=O)/C=C/c2ccccc2F)C1. The molecule has 0 spiro atoms. The molecule has 6 rings (SSSR count). The van der Waals surface area contributed by atoms with Gasteiger partial charge < -0.3 is 15.4 Å². The number of nitrogen functional groups attached to an aromatic ring is 1. The van der Waals surface area contributed by atoms with Gasteiger partial charge in [-0.05, 0) is 49.5 Å². The molecular formula is C34H27F6N5O2. The van der Waals surface area contributed by atoms with Crippen LogP contribution in [0.25, 0.3) is 6.08 Å². The van der Waals surface area contributed by atoms with E-state index in [1.54, 1.807) is 23.1 Å². The van der Waals surface area contributed by atoms with E-state index in [-0.39, 0.29) is 47.4 Å². The van der Waals surface area contributed by atoms with Crippen LogP contribution in [0.15, 0.2) is 65.9 Å². The first-order chi connectivity index (χ1) is 22.6. The number of anilines is 1. The van der Waals surface area contributed by atoms with E-state index in [1.807, 2.05) is 0 Å². The van der Waals surface area contributed by atoms with Crippen LogP contribution in [0.4, 0.5) is 32.2 Å². The van der Waals surface area contributed by atoms with Gasteiger partial charge in [-0.2, -0.15) is 8.78 Å². The number of nitrogens with two attached hydrogens (primary N) is 1. The Balaban J connectivity index is 1.20. The molecule has 2 aliphatic heterocycles. The van der Waals surface area contributed by atoms with Gasteiger partial charge in [0, 0.05) is 54.9 Å². The van der Waals surface area contributed by atoms with Crippen molar-refractivity contribution < 1.29 is 35.9 Å². The third kappa shape index (κ3) is 6.56. The number of amides is 1. The van der Waals surface area contributed by atoms with Crippen LogP contribution in [0.1, 0.15) is 47.6 Å². The van der Waals surface area contributed by atoms with Crippen molar-refractivity contribution in [3.63, 3.8) is 0 Å². The van der Waals surface area contributed by atoms with Gasteiger partial charge in [0.1, 0.15) is 29.5 Å². The average molecular weight is 652 g/mol. The quantitative estimate of drug-likeness (QED) is 0.133. The van der Waals surface area contributed by atoms with Crippen molar-refractivity contribution in [1.29, 1.82) is 0 Å². The molecule has 0 saturated carbocycles. The summed E-state index contributed by atoms with van der Waals surface area (Å²) in [5.74, 6) is -10.1. The van der Waals surface area contributed by atoms with Gasteiger partial charge in [-0.1, -0.05) is 18.2 Å². The van der Waals surface area contributed by atoms with Gasteiger partial charge in [0.2, 0.25) is 23.3 Å². The largest absolute Gasteiger partial charge is 0.451 e. The van der Waals surface area contributed by atoms with Crippen LogP contribution < -0.4 is 10.5 Å². The summed E-state index contributed by atoms with van der Waals surface area (Å²) >= 11 is 0. The third-order valence-corrected chi connectivity index (χ3v) is 8.29. The monoisotopic (exact) mass is 651 g/mol. The Labute approximate surface area is 265 Å². The van der Waals surface area contributed by atoms with Crippen molar-refractivity contribution in [2.45, 2.75) is 25.2 Å². The first kappa shape index (κ1) is 31.8. The van der Waals surface area contributed by atoms with E-state index in [4.69, 9.17) is 10.5 Å². The molecule has 1 fully saturated rings. The van der Waals surface area contributed by atoms with Crippen LogP contribution in [0.2, 0.25) is 0 Å². The average Bonchev–Trinajstić information content (AvgIpc) is 3.44. The molecule has 47 heavy (non-hydrogen) atoms. The highest BCUT2D eigenvalue weighted by molar-refractivity contribution is 6.16. The number of hydrogen-bond acceptors (Lipinski definition) is 6. The van der Waals surface area contributed by atoms with E-state index in [0.29, 0.717) is 42.8 Å². The number of ether oxygens (including phenoxy) is 1. The number of rotatable bonds is 7. The van der Waals surface area contributed by atoms with E-state index >= 15 is 4.39 Å². The molecule has 1 saturated heterocycles. The number of carbonyl (C=O) groups is 1. The Bertz CT molecular complexity index is 1890.